The molecule has 0 saturated carbocycles. The molecule has 5 heteroatoms. The van der Waals surface area contributed by atoms with Crippen LogP contribution in [0.25, 0.3) is 12.2 Å². The highest BCUT2D eigenvalue weighted by molar-refractivity contribution is 5.65. The molecule has 0 unspecified atom stereocenters. The number of benzene rings is 2. The maximum atomic E-state index is 5.82. The highest BCUT2D eigenvalue weighted by Gasteiger charge is 2.25. The van der Waals surface area contributed by atoms with Crippen LogP contribution < -0.4 is 16.0 Å². The smallest absolute Gasteiger partial charge is 0.231 e. The highest BCUT2D eigenvalue weighted by atomic mass is 15.4. The molecule has 4 rings (SSSR count). The lowest BCUT2D eigenvalue weighted by molar-refractivity contribution is 0.897. The number of nitrogens with one attached hydrogen (secondary N) is 1. The average molecular weight is 369 g/mol. The summed E-state index contributed by atoms with van der Waals surface area (Å²) in [5.41, 5.74) is 10.9. The molecule has 1 aliphatic heterocycles. The molecule has 0 bridgehead atoms. The third-order valence-electron chi connectivity index (χ3n) is 4.50. The number of rotatable bonds is 4. The lowest BCUT2D eigenvalue weighted by atomic mass is 10.2. The van der Waals surface area contributed by atoms with Crippen LogP contribution in [0.4, 0.5) is 5.95 Å². The van der Waals surface area contributed by atoms with Gasteiger partial charge in [0.05, 0.1) is 12.2 Å². The number of nitrogens with zero attached hydrogens (tertiary/aromatic N) is 3. The minimum absolute atomic E-state index is 0.391. The molecular weight excluding hydrogens is 346 g/mol. The highest BCUT2D eigenvalue weighted by Crippen LogP contribution is 2.25. The fourth-order valence-electron chi connectivity index (χ4n) is 3.20. The van der Waals surface area contributed by atoms with Crippen molar-refractivity contribution < 1.29 is 0 Å². The van der Waals surface area contributed by atoms with Gasteiger partial charge in [0.25, 0.3) is 0 Å². The van der Waals surface area contributed by atoms with Crippen LogP contribution in [0.1, 0.15) is 22.5 Å². The topological polar surface area (TPSA) is 67.1 Å². The van der Waals surface area contributed by atoms with E-state index >= 15 is 0 Å². The normalized spacial score (nSPS) is 16.6. The van der Waals surface area contributed by atoms with Gasteiger partial charge in [-0.3, -0.25) is 4.90 Å². The van der Waals surface area contributed by atoms with Gasteiger partial charge in [-0.25, -0.2) is 9.97 Å². The van der Waals surface area contributed by atoms with Crippen LogP contribution in [0.3, 0.4) is 0 Å². The molecule has 3 aromatic rings. The molecule has 2 heterocycles. The zero-order valence-electron chi connectivity index (χ0n) is 15.8. The fourth-order valence-corrected chi connectivity index (χ4v) is 3.20. The number of hydrogen-bond acceptors (Lipinski definition) is 5. The molecule has 5 nitrogen and oxygen atoms in total. The zero-order chi connectivity index (χ0) is 19.3. The summed E-state index contributed by atoms with van der Waals surface area (Å²) in [5.74, 6) is 1.61. The summed E-state index contributed by atoms with van der Waals surface area (Å²) >= 11 is 0. The van der Waals surface area contributed by atoms with Gasteiger partial charge in [0.15, 0.2) is 0 Å². The van der Waals surface area contributed by atoms with Crippen molar-refractivity contribution in [2.24, 2.45) is 5.73 Å². The van der Waals surface area contributed by atoms with Crippen LogP contribution in [0, 0.1) is 6.92 Å². The first-order chi connectivity index (χ1) is 13.7. The molecule has 0 spiro atoms. The summed E-state index contributed by atoms with van der Waals surface area (Å²) in [7, 11) is 0. The number of anilines is 1. The van der Waals surface area contributed by atoms with Crippen molar-refractivity contribution in [2.45, 2.75) is 13.5 Å². The monoisotopic (exact) mass is 369 g/mol. The van der Waals surface area contributed by atoms with E-state index in [1.807, 2.05) is 49.4 Å². The molecule has 0 amide bonds. The van der Waals surface area contributed by atoms with Gasteiger partial charge in [-0.05, 0) is 36.3 Å². The third-order valence-corrected chi connectivity index (χ3v) is 4.50. The molecule has 1 aliphatic rings. The van der Waals surface area contributed by atoms with Crippen molar-refractivity contribution in [1.29, 1.82) is 0 Å². The lowest BCUT2D eigenvalue weighted by Gasteiger charge is -2.17. The Labute approximate surface area is 165 Å². The van der Waals surface area contributed by atoms with Gasteiger partial charge in [0, 0.05) is 17.9 Å². The molecule has 0 aliphatic carbocycles. The Morgan fingerprint density at radius 1 is 0.964 bits per heavy atom. The minimum Gasteiger partial charge on any atom is -0.343 e. The van der Waals surface area contributed by atoms with Crippen molar-refractivity contribution >= 4 is 18.1 Å². The van der Waals surface area contributed by atoms with Crippen molar-refractivity contribution in [3.63, 3.8) is 0 Å². The first kappa shape index (κ1) is 17.9. The van der Waals surface area contributed by atoms with E-state index in [4.69, 9.17) is 5.73 Å². The Bertz CT molecular complexity index is 1010. The van der Waals surface area contributed by atoms with Crippen molar-refractivity contribution in [1.82, 2.24) is 15.3 Å². The average Bonchev–Trinajstić information content (AvgIpc) is 3.11. The Balaban J connectivity index is 1.74. The van der Waals surface area contributed by atoms with Gasteiger partial charge < -0.3 is 11.1 Å². The summed E-state index contributed by atoms with van der Waals surface area (Å²) in [5, 5.41) is 3.53. The molecule has 1 fully saturated rings. The van der Waals surface area contributed by atoms with Gasteiger partial charge in [0.2, 0.25) is 5.95 Å². The maximum absolute atomic E-state index is 5.82. The van der Waals surface area contributed by atoms with Crippen LogP contribution in [-0.2, 0) is 6.54 Å². The van der Waals surface area contributed by atoms with E-state index < -0.39 is 0 Å². The van der Waals surface area contributed by atoms with E-state index in [2.05, 4.69) is 56.6 Å². The first-order valence-corrected chi connectivity index (χ1v) is 9.33. The minimum atomic E-state index is 0.391. The van der Waals surface area contributed by atoms with Gasteiger partial charge in [-0.1, -0.05) is 60.7 Å². The number of hydrogen-bond donors (Lipinski definition) is 2. The molecule has 0 radical (unpaired) electrons. The Morgan fingerprint density at radius 2 is 1.61 bits per heavy atom. The third kappa shape index (κ3) is 4.10. The van der Waals surface area contributed by atoms with Crippen molar-refractivity contribution in [3.8, 4) is 0 Å². The van der Waals surface area contributed by atoms with Crippen LogP contribution in [-0.4, -0.2) is 16.5 Å². The van der Waals surface area contributed by atoms with E-state index in [9.17, 15) is 0 Å². The van der Waals surface area contributed by atoms with E-state index in [1.165, 1.54) is 0 Å². The quantitative estimate of drug-likeness (QED) is 0.734. The number of aryl methyl sites for hydroxylation is 1. The maximum Gasteiger partial charge on any atom is 0.231 e. The second kappa shape index (κ2) is 8.06. The Morgan fingerprint density at radius 3 is 2.25 bits per heavy atom. The number of nitrogens with two attached hydrogens (primary N) is 1. The summed E-state index contributed by atoms with van der Waals surface area (Å²) in [6.07, 6.45) is 4.26. The van der Waals surface area contributed by atoms with E-state index in [-0.39, 0.29) is 0 Å². The predicted octanol–water partition coefficient (Wildman–Crippen LogP) is 3.69. The largest absolute Gasteiger partial charge is 0.343 e. The van der Waals surface area contributed by atoms with Crippen LogP contribution in [0.5, 0.6) is 0 Å². The predicted molar refractivity (Wildman–Crippen MR) is 114 cm³/mol. The second-order valence-electron chi connectivity index (χ2n) is 6.74. The van der Waals surface area contributed by atoms with E-state index in [0.717, 1.165) is 34.0 Å². The van der Waals surface area contributed by atoms with Gasteiger partial charge in [0.1, 0.15) is 5.82 Å². The standard InChI is InChI=1S/C23H23N5/c1-17-12-20(15-24)27-23(25-17)28-16-21(13-18-8-4-2-5-9-18)26-22(28)14-19-10-6-3-7-11-19/h2-14,26H,15-16,24H2,1H3. The Kier molecular flexibility index (Phi) is 5.17. The zero-order valence-corrected chi connectivity index (χ0v) is 15.8. The van der Waals surface area contributed by atoms with Gasteiger partial charge in [-0.2, -0.15) is 0 Å². The lowest BCUT2D eigenvalue weighted by Crippen LogP contribution is -2.22. The van der Waals surface area contributed by atoms with E-state index in [1.54, 1.807) is 0 Å². The fraction of sp³-hybridized carbons (Fsp3) is 0.130. The van der Waals surface area contributed by atoms with Crippen LogP contribution >= 0.6 is 0 Å². The second-order valence-corrected chi connectivity index (χ2v) is 6.74. The molecular formula is C23H23N5. The SMILES string of the molecule is Cc1cc(CN)nc(N2CC(=Cc3ccccc3)NC2=Cc2ccccc2)n1. The summed E-state index contributed by atoms with van der Waals surface area (Å²) in [6, 6.07) is 22.4. The molecule has 1 saturated heterocycles. The molecule has 1 aromatic heterocycles. The van der Waals surface area contributed by atoms with Gasteiger partial charge >= 0.3 is 0 Å². The van der Waals surface area contributed by atoms with Crippen LogP contribution in [0.2, 0.25) is 0 Å². The van der Waals surface area contributed by atoms with Crippen molar-refractivity contribution in [2.75, 3.05) is 11.4 Å². The molecule has 140 valence electrons. The Hall–Kier alpha value is -3.44. The molecule has 0 atom stereocenters. The van der Waals surface area contributed by atoms with Crippen LogP contribution in [0.15, 0.2) is 78.2 Å². The van der Waals surface area contributed by atoms with E-state index in [0.29, 0.717) is 19.0 Å². The molecule has 28 heavy (non-hydrogen) atoms. The van der Waals surface area contributed by atoms with Gasteiger partial charge in [-0.15, -0.1) is 0 Å². The number of aromatic nitrogens is 2. The molecule has 2 aromatic carbocycles. The molecule has 3 N–H and O–H groups in total. The first-order valence-electron chi connectivity index (χ1n) is 9.33. The summed E-state index contributed by atoms with van der Waals surface area (Å²) in [4.78, 5) is 11.4. The van der Waals surface area contributed by atoms with Crippen molar-refractivity contribution in [3.05, 3.63) is 101 Å². The summed E-state index contributed by atoms with van der Waals surface area (Å²) in [6.45, 7) is 3.03. The summed E-state index contributed by atoms with van der Waals surface area (Å²) < 4.78 is 0.